The van der Waals surface area contributed by atoms with Gasteiger partial charge in [0.25, 0.3) is 0 Å². The summed E-state index contributed by atoms with van der Waals surface area (Å²) in [5.41, 5.74) is 6.89. The molecule has 6 rings (SSSR count). The van der Waals surface area contributed by atoms with E-state index < -0.39 is 0 Å². The maximum Gasteiger partial charge on any atom is 0.161 e. The second-order valence-electron chi connectivity index (χ2n) is 9.44. The Balaban J connectivity index is 0.00000280. The van der Waals surface area contributed by atoms with E-state index >= 15 is 0 Å². The highest BCUT2D eigenvalue weighted by Gasteiger charge is 2.36. The molecular weight excluding hydrogens is 471 g/mol. The van der Waals surface area contributed by atoms with Crippen LogP contribution < -0.4 is 14.2 Å². The van der Waals surface area contributed by atoms with E-state index in [1.807, 2.05) is 16.7 Å². The van der Waals surface area contributed by atoms with Gasteiger partial charge in [0.2, 0.25) is 0 Å². The van der Waals surface area contributed by atoms with Crippen molar-refractivity contribution in [3.05, 3.63) is 88.4 Å². The van der Waals surface area contributed by atoms with Crippen LogP contribution in [0, 0.1) is 5.82 Å². The van der Waals surface area contributed by atoms with Crippen LogP contribution in [0.1, 0.15) is 41.4 Å². The summed E-state index contributed by atoms with van der Waals surface area (Å²) in [5, 5.41) is 11.3. The predicted octanol–water partition coefficient (Wildman–Crippen LogP) is 5.62. The summed E-state index contributed by atoms with van der Waals surface area (Å²) in [6.07, 6.45) is 1.75. The molecule has 0 bridgehead atoms. The summed E-state index contributed by atoms with van der Waals surface area (Å²) in [5.74, 6) is 1.96. The fourth-order valence-corrected chi connectivity index (χ4v) is 5.74. The Morgan fingerprint density at radius 1 is 1.00 bits per heavy atom. The number of nitrogens with zero attached hydrogens (tertiary/aromatic N) is 2. The third-order valence-electron chi connectivity index (χ3n) is 7.59. The second kappa shape index (κ2) is 10.1. The number of hydrogen-bond donors (Lipinski definition) is 1. The standard InChI is InChI=1S/C29H29FN2O4.CH4/c1-34-21-7-8-25-23(12-21)24-13-26-22-14-28(35-2)29(36-16-18-3-5-20(30)6-4-18)11-19(22)9-10-31(26)15-27(24)32(25)17-33;/h3-8,11-12,14,26,33H,9-10,13,15-17H2,1-2H3;1H4. The van der Waals surface area contributed by atoms with Gasteiger partial charge < -0.3 is 23.9 Å². The Labute approximate surface area is 216 Å². The molecule has 0 saturated carbocycles. The molecule has 1 aromatic heterocycles. The number of ether oxygens (including phenoxy) is 3. The lowest BCUT2D eigenvalue weighted by Crippen LogP contribution is -2.39. The molecule has 2 aliphatic rings. The molecule has 0 fully saturated rings. The number of benzene rings is 3. The summed E-state index contributed by atoms with van der Waals surface area (Å²) in [6, 6.07) is 16.8. The molecule has 1 unspecified atom stereocenters. The van der Waals surface area contributed by atoms with Gasteiger partial charge in [0.1, 0.15) is 24.9 Å². The van der Waals surface area contributed by atoms with E-state index in [0.717, 1.165) is 48.1 Å². The van der Waals surface area contributed by atoms with Gasteiger partial charge >= 0.3 is 0 Å². The van der Waals surface area contributed by atoms with E-state index in [-0.39, 0.29) is 26.0 Å². The van der Waals surface area contributed by atoms with E-state index in [4.69, 9.17) is 14.2 Å². The molecule has 2 aliphatic heterocycles. The van der Waals surface area contributed by atoms with Gasteiger partial charge in [-0.3, -0.25) is 4.90 Å². The number of hydrogen-bond acceptors (Lipinski definition) is 5. The fourth-order valence-electron chi connectivity index (χ4n) is 5.74. The Hall–Kier alpha value is -3.55. The molecule has 3 aromatic carbocycles. The summed E-state index contributed by atoms with van der Waals surface area (Å²) < 4.78 is 32.6. The lowest BCUT2D eigenvalue weighted by molar-refractivity contribution is 0.145. The van der Waals surface area contributed by atoms with Crippen LogP contribution in [-0.4, -0.2) is 35.3 Å². The number of halogens is 1. The number of methoxy groups -OCH3 is 2. The van der Waals surface area contributed by atoms with Crippen molar-refractivity contribution in [1.82, 2.24) is 9.47 Å². The van der Waals surface area contributed by atoms with Gasteiger partial charge in [0.15, 0.2) is 11.5 Å². The van der Waals surface area contributed by atoms with E-state index in [1.165, 1.54) is 34.5 Å². The Morgan fingerprint density at radius 3 is 2.54 bits per heavy atom. The second-order valence-corrected chi connectivity index (χ2v) is 9.44. The van der Waals surface area contributed by atoms with Gasteiger partial charge in [-0.1, -0.05) is 19.6 Å². The quantitative estimate of drug-likeness (QED) is 0.370. The minimum Gasteiger partial charge on any atom is -0.497 e. The molecule has 7 heteroatoms. The maximum absolute atomic E-state index is 13.2. The zero-order chi connectivity index (χ0) is 24.8. The van der Waals surface area contributed by atoms with Crippen LogP contribution in [0.4, 0.5) is 4.39 Å². The van der Waals surface area contributed by atoms with Crippen LogP contribution in [0.3, 0.4) is 0 Å². The molecule has 4 aromatic rings. The van der Waals surface area contributed by atoms with Crippen LogP contribution in [0.25, 0.3) is 10.9 Å². The Bertz CT molecular complexity index is 1430. The van der Waals surface area contributed by atoms with E-state index in [1.54, 1.807) is 26.4 Å². The van der Waals surface area contributed by atoms with Gasteiger partial charge in [-0.15, -0.1) is 0 Å². The van der Waals surface area contributed by atoms with E-state index in [9.17, 15) is 9.50 Å². The van der Waals surface area contributed by atoms with Crippen molar-refractivity contribution in [2.24, 2.45) is 0 Å². The molecule has 3 heterocycles. The first-order valence-corrected chi connectivity index (χ1v) is 12.2. The van der Waals surface area contributed by atoms with Crippen LogP contribution in [0.2, 0.25) is 0 Å². The van der Waals surface area contributed by atoms with Crippen molar-refractivity contribution in [2.45, 2.75) is 46.2 Å². The number of aliphatic hydroxyl groups excluding tert-OH is 1. The van der Waals surface area contributed by atoms with Gasteiger partial charge in [-0.05, 0) is 77.6 Å². The summed E-state index contributed by atoms with van der Waals surface area (Å²) in [6.45, 7) is 2.01. The molecule has 0 aliphatic carbocycles. The van der Waals surface area contributed by atoms with Crippen molar-refractivity contribution >= 4 is 10.9 Å². The lowest BCUT2D eigenvalue weighted by atomic mass is 9.85. The number of aliphatic hydroxyl groups is 1. The monoisotopic (exact) mass is 504 g/mol. The molecule has 37 heavy (non-hydrogen) atoms. The zero-order valence-corrected chi connectivity index (χ0v) is 20.5. The van der Waals surface area contributed by atoms with Crippen LogP contribution in [-0.2, 0) is 32.7 Å². The maximum atomic E-state index is 13.2. The molecule has 194 valence electrons. The molecule has 0 radical (unpaired) electrons. The van der Waals surface area contributed by atoms with Crippen molar-refractivity contribution in [1.29, 1.82) is 0 Å². The SMILES string of the molecule is C.COc1ccc2c(c1)c1c(n2CO)CN2CCc3cc(OCc4ccc(F)cc4)c(OC)cc3C2C1. The number of aromatic nitrogens is 1. The topological polar surface area (TPSA) is 56.1 Å². The summed E-state index contributed by atoms with van der Waals surface area (Å²) in [4.78, 5) is 2.49. The molecule has 1 N–H and O–H groups in total. The van der Waals surface area contributed by atoms with Crippen molar-refractivity contribution in [2.75, 3.05) is 20.8 Å². The largest absolute Gasteiger partial charge is 0.497 e. The molecule has 1 atom stereocenters. The normalized spacial score (nSPS) is 16.4. The van der Waals surface area contributed by atoms with Gasteiger partial charge in [-0.25, -0.2) is 4.39 Å². The zero-order valence-electron chi connectivity index (χ0n) is 20.5. The summed E-state index contributed by atoms with van der Waals surface area (Å²) >= 11 is 0. The molecule has 6 nitrogen and oxygen atoms in total. The van der Waals surface area contributed by atoms with Crippen LogP contribution >= 0.6 is 0 Å². The highest BCUT2D eigenvalue weighted by atomic mass is 19.1. The highest BCUT2D eigenvalue weighted by Crippen LogP contribution is 2.45. The van der Waals surface area contributed by atoms with Gasteiger partial charge in [0, 0.05) is 30.2 Å². The average molecular weight is 505 g/mol. The van der Waals surface area contributed by atoms with Crippen LogP contribution in [0.5, 0.6) is 17.2 Å². The Kier molecular flexibility index (Phi) is 6.84. The first-order chi connectivity index (χ1) is 17.6. The van der Waals surface area contributed by atoms with Gasteiger partial charge in [0.05, 0.1) is 19.7 Å². The van der Waals surface area contributed by atoms with Crippen molar-refractivity contribution in [3.8, 4) is 17.2 Å². The van der Waals surface area contributed by atoms with Crippen molar-refractivity contribution in [3.63, 3.8) is 0 Å². The van der Waals surface area contributed by atoms with Gasteiger partial charge in [-0.2, -0.15) is 0 Å². The van der Waals surface area contributed by atoms with E-state index in [2.05, 4.69) is 23.1 Å². The average Bonchev–Trinajstić information content (AvgIpc) is 3.22. The Morgan fingerprint density at radius 2 is 1.81 bits per heavy atom. The fraction of sp³-hybridized carbons (Fsp3) is 0.333. The number of fused-ring (bicyclic) bond motifs is 6. The predicted molar refractivity (Wildman–Crippen MR) is 142 cm³/mol. The number of rotatable bonds is 6. The molecule has 0 spiro atoms. The first kappa shape index (κ1) is 25.1. The third-order valence-corrected chi connectivity index (χ3v) is 7.59. The van der Waals surface area contributed by atoms with E-state index in [0.29, 0.717) is 18.1 Å². The molecule has 0 saturated heterocycles. The molecule has 0 amide bonds. The smallest absolute Gasteiger partial charge is 0.161 e. The lowest BCUT2D eigenvalue weighted by Gasteiger charge is -2.41. The third kappa shape index (κ3) is 4.32. The minimum atomic E-state index is -0.258. The van der Waals surface area contributed by atoms with Crippen LogP contribution in [0.15, 0.2) is 54.6 Å². The first-order valence-electron chi connectivity index (χ1n) is 12.2. The minimum absolute atomic E-state index is 0. The highest BCUT2D eigenvalue weighted by molar-refractivity contribution is 5.87. The summed E-state index contributed by atoms with van der Waals surface area (Å²) in [7, 11) is 3.34. The van der Waals surface area contributed by atoms with Crippen molar-refractivity contribution < 1.29 is 23.7 Å². The molecular formula is C30H33FN2O4.